The van der Waals surface area contributed by atoms with Gasteiger partial charge in [-0.15, -0.1) is 12.4 Å². The molecule has 0 spiro atoms. The predicted molar refractivity (Wildman–Crippen MR) is 96.1 cm³/mol. The number of halogens is 1. The largest absolute Gasteiger partial charge is 0.349 e. The van der Waals surface area contributed by atoms with Gasteiger partial charge < -0.3 is 20.9 Å². The summed E-state index contributed by atoms with van der Waals surface area (Å²) in [5.41, 5.74) is 5.63. The van der Waals surface area contributed by atoms with Crippen LogP contribution in [-0.4, -0.2) is 60.0 Å². The maximum absolute atomic E-state index is 12.6. The summed E-state index contributed by atoms with van der Waals surface area (Å²) in [4.78, 5) is 28.8. The predicted octanol–water partition coefficient (Wildman–Crippen LogP) is 1.58. The Hall–Kier alpha value is -1.01. The number of likely N-dealkylation sites (tertiary alicyclic amines) is 2. The molecule has 1 atom stereocenters. The van der Waals surface area contributed by atoms with E-state index in [1.54, 1.807) is 0 Å². The molecule has 0 radical (unpaired) electrons. The molecule has 2 aliphatic heterocycles. The lowest BCUT2D eigenvalue weighted by molar-refractivity contribution is -0.128. The number of nitrogens with zero attached hydrogens (tertiary/aromatic N) is 2. The van der Waals surface area contributed by atoms with Gasteiger partial charge in [0.2, 0.25) is 5.91 Å². The molecule has 3 rings (SSSR count). The molecular formula is C17H31ClN4O2. The number of amides is 3. The molecule has 1 saturated carbocycles. The Bertz CT molecular complexity index is 458. The van der Waals surface area contributed by atoms with Crippen molar-refractivity contribution in [2.24, 2.45) is 17.6 Å². The first-order valence-corrected chi connectivity index (χ1v) is 9.09. The summed E-state index contributed by atoms with van der Waals surface area (Å²) in [6.07, 6.45) is 6.08. The van der Waals surface area contributed by atoms with Crippen molar-refractivity contribution in [2.75, 3.05) is 32.7 Å². The molecular weight excluding hydrogens is 328 g/mol. The number of urea groups is 1. The molecule has 1 aliphatic carbocycles. The Morgan fingerprint density at radius 1 is 1.04 bits per heavy atom. The zero-order valence-electron chi connectivity index (χ0n) is 14.6. The van der Waals surface area contributed by atoms with Crippen molar-refractivity contribution in [3.63, 3.8) is 0 Å². The Kier molecular flexibility index (Phi) is 6.37. The minimum absolute atomic E-state index is 0. The molecule has 0 aromatic carbocycles. The Morgan fingerprint density at radius 2 is 1.58 bits per heavy atom. The van der Waals surface area contributed by atoms with Gasteiger partial charge >= 0.3 is 6.03 Å². The Balaban J connectivity index is 0.00000208. The van der Waals surface area contributed by atoms with Gasteiger partial charge in [-0.2, -0.15) is 0 Å². The van der Waals surface area contributed by atoms with E-state index in [-0.39, 0.29) is 35.8 Å². The fourth-order valence-electron chi connectivity index (χ4n) is 3.87. The highest BCUT2D eigenvalue weighted by atomic mass is 35.5. The molecule has 1 unspecified atom stereocenters. The van der Waals surface area contributed by atoms with Gasteiger partial charge in [-0.25, -0.2) is 4.79 Å². The van der Waals surface area contributed by atoms with Crippen LogP contribution in [0.1, 0.15) is 45.4 Å². The SMILES string of the molecule is CC(CN)(NC(=O)C1CCN(C(=O)N2CCCC2)CC1)C1CC1.Cl. The van der Waals surface area contributed by atoms with Crippen molar-refractivity contribution >= 4 is 24.3 Å². The van der Waals surface area contributed by atoms with E-state index in [4.69, 9.17) is 5.73 Å². The number of piperidine rings is 1. The summed E-state index contributed by atoms with van der Waals surface area (Å²) in [5.74, 6) is 0.675. The number of carbonyl (C=O) groups is 2. The first-order chi connectivity index (χ1) is 11.0. The van der Waals surface area contributed by atoms with Crippen molar-refractivity contribution in [1.82, 2.24) is 15.1 Å². The monoisotopic (exact) mass is 358 g/mol. The van der Waals surface area contributed by atoms with E-state index >= 15 is 0 Å². The van der Waals surface area contributed by atoms with Crippen molar-refractivity contribution in [1.29, 1.82) is 0 Å². The second-order valence-electron chi connectivity index (χ2n) is 7.62. The molecule has 3 amide bonds. The average molecular weight is 359 g/mol. The van der Waals surface area contributed by atoms with Crippen molar-refractivity contribution in [3.05, 3.63) is 0 Å². The lowest BCUT2D eigenvalue weighted by atomic mass is 9.91. The molecule has 7 heteroatoms. The maximum Gasteiger partial charge on any atom is 0.319 e. The fraction of sp³-hybridized carbons (Fsp3) is 0.882. The molecule has 0 aromatic rings. The number of hydrogen-bond donors (Lipinski definition) is 2. The van der Waals surface area contributed by atoms with Crippen LogP contribution in [0.25, 0.3) is 0 Å². The molecule has 3 N–H and O–H groups in total. The number of nitrogens with two attached hydrogens (primary N) is 1. The van der Waals surface area contributed by atoms with E-state index in [0.29, 0.717) is 25.6 Å². The van der Waals surface area contributed by atoms with Crippen molar-refractivity contribution in [2.45, 2.75) is 51.0 Å². The second-order valence-corrected chi connectivity index (χ2v) is 7.62. The molecule has 3 aliphatic rings. The minimum atomic E-state index is -0.250. The summed E-state index contributed by atoms with van der Waals surface area (Å²) >= 11 is 0. The lowest BCUT2D eigenvalue weighted by Crippen LogP contribution is -2.56. The van der Waals surface area contributed by atoms with Crippen LogP contribution in [0.4, 0.5) is 4.79 Å². The third-order valence-corrected chi connectivity index (χ3v) is 5.82. The Morgan fingerprint density at radius 3 is 2.08 bits per heavy atom. The van der Waals surface area contributed by atoms with E-state index in [2.05, 4.69) is 12.2 Å². The van der Waals surface area contributed by atoms with E-state index in [0.717, 1.165) is 51.6 Å². The standard InChI is InChI=1S/C17H30N4O2.ClH/c1-17(12-18,14-4-5-14)19-15(22)13-6-10-21(11-7-13)16(23)20-8-2-3-9-20;/h13-14H,2-12,18H2,1H3,(H,19,22);1H. The van der Waals surface area contributed by atoms with E-state index in [9.17, 15) is 9.59 Å². The molecule has 2 saturated heterocycles. The smallest absolute Gasteiger partial charge is 0.319 e. The number of hydrogen-bond acceptors (Lipinski definition) is 3. The summed E-state index contributed by atoms with van der Waals surface area (Å²) in [6, 6.07) is 0.158. The third kappa shape index (κ3) is 4.14. The van der Waals surface area contributed by atoms with E-state index in [1.807, 2.05) is 9.80 Å². The highest BCUT2D eigenvalue weighted by Gasteiger charge is 2.42. The topological polar surface area (TPSA) is 78.7 Å². The van der Waals surface area contributed by atoms with Gasteiger partial charge in [-0.3, -0.25) is 4.79 Å². The van der Waals surface area contributed by atoms with E-state index < -0.39 is 0 Å². The van der Waals surface area contributed by atoms with Gasteiger partial charge in [-0.05, 0) is 51.4 Å². The third-order valence-electron chi connectivity index (χ3n) is 5.82. The van der Waals surface area contributed by atoms with Crippen molar-refractivity contribution < 1.29 is 9.59 Å². The number of carbonyl (C=O) groups excluding carboxylic acids is 2. The molecule has 2 heterocycles. The summed E-state index contributed by atoms with van der Waals surface area (Å²) in [7, 11) is 0. The fourth-order valence-corrected chi connectivity index (χ4v) is 3.87. The average Bonchev–Trinajstić information content (AvgIpc) is 3.30. The van der Waals surface area contributed by atoms with Crippen LogP contribution in [0.2, 0.25) is 0 Å². The molecule has 24 heavy (non-hydrogen) atoms. The van der Waals surface area contributed by atoms with Gasteiger partial charge in [0.25, 0.3) is 0 Å². The van der Waals surface area contributed by atoms with Crippen LogP contribution in [0.15, 0.2) is 0 Å². The molecule has 3 fully saturated rings. The highest BCUT2D eigenvalue weighted by molar-refractivity contribution is 5.85. The van der Waals surface area contributed by atoms with Gasteiger partial charge in [0.15, 0.2) is 0 Å². The zero-order valence-corrected chi connectivity index (χ0v) is 15.4. The van der Waals surface area contributed by atoms with Crippen LogP contribution in [0.5, 0.6) is 0 Å². The maximum atomic E-state index is 12.6. The molecule has 0 bridgehead atoms. The van der Waals surface area contributed by atoms with Gasteiger partial charge in [0.05, 0.1) is 5.54 Å². The van der Waals surface area contributed by atoms with Crippen LogP contribution < -0.4 is 11.1 Å². The number of nitrogens with one attached hydrogen (secondary N) is 1. The first kappa shape index (κ1) is 19.3. The summed E-state index contributed by atoms with van der Waals surface area (Å²) in [6.45, 7) is 5.71. The summed E-state index contributed by atoms with van der Waals surface area (Å²) in [5, 5.41) is 3.20. The summed E-state index contributed by atoms with van der Waals surface area (Å²) < 4.78 is 0. The zero-order chi connectivity index (χ0) is 16.4. The van der Waals surface area contributed by atoms with Crippen LogP contribution in [0.3, 0.4) is 0 Å². The molecule has 6 nitrogen and oxygen atoms in total. The van der Waals surface area contributed by atoms with Gasteiger partial charge in [0.1, 0.15) is 0 Å². The van der Waals surface area contributed by atoms with Gasteiger partial charge in [-0.1, -0.05) is 0 Å². The quantitative estimate of drug-likeness (QED) is 0.800. The van der Waals surface area contributed by atoms with E-state index in [1.165, 1.54) is 0 Å². The van der Waals surface area contributed by atoms with Crippen LogP contribution >= 0.6 is 12.4 Å². The minimum Gasteiger partial charge on any atom is -0.349 e. The lowest BCUT2D eigenvalue weighted by Gasteiger charge is -2.36. The molecule has 138 valence electrons. The molecule has 0 aromatic heterocycles. The normalized spacial score (nSPS) is 24.2. The van der Waals surface area contributed by atoms with Crippen LogP contribution in [0, 0.1) is 11.8 Å². The number of rotatable bonds is 4. The highest BCUT2D eigenvalue weighted by Crippen LogP contribution is 2.39. The van der Waals surface area contributed by atoms with Crippen molar-refractivity contribution in [3.8, 4) is 0 Å². The second kappa shape index (κ2) is 7.91. The first-order valence-electron chi connectivity index (χ1n) is 9.09. The van der Waals surface area contributed by atoms with Gasteiger partial charge in [0, 0.05) is 38.6 Å². The van der Waals surface area contributed by atoms with Crippen LogP contribution in [-0.2, 0) is 4.79 Å². The Labute approximate surface area is 150 Å².